The van der Waals surface area contributed by atoms with Crippen LogP contribution in [0, 0.1) is 0 Å². The van der Waals surface area contributed by atoms with Gasteiger partial charge in [-0.25, -0.2) is 0 Å². The van der Waals surface area contributed by atoms with Crippen LogP contribution in [-0.2, 0) is 16.0 Å². The van der Waals surface area contributed by atoms with Crippen molar-refractivity contribution in [3.8, 4) is 5.75 Å². The maximum atomic E-state index is 11.5. The van der Waals surface area contributed by atoms with Gasteiger partial charge in [0.15, 0.2) is 0 Å². The highest BCUT2D eigenvalue weighted by Crippen LogP contribution is 2.35. The van der Waals surface area contributed by atoms with E-state index in [9.17, 15) is 4.79 Å². The Kier molecular flexibility index (Phi) is 7.85. The largest absolute Gasteiger partial charge is 0.493 e. The molecule has 154 valence electrons. The normalized spacial score (nSPS) is 13.9. The highest BCUT2D eigenvalue weighted by molar-refractivity contribution is 5.86. The minimum atomic E-state index is -0.726. The molecule has 0 aliphatic heterocycles. The molecule has 5 heteroatoms. The topological polar surface area (TPSA) is 87.6 Å². The van der Waals surface area contributed by atoms with Gasteiger partial charge in [0.05, 0.1) is 13.2 Å². The van der Waals surface area contributed by atoms with Gasteiger partial charge in [0.2, 0.25) is 0 Å². The molecule has 0 fully saturated rings. The molecule has 0 amide bonds. The summed E-state index contributed by atoms with van der Waals surface area (Å²) in [6, 6.07) is 16.1. The van der Waals surface area contributed by atoms with Gasteiger partial charge in [-0.3, -0.25) is 4.79 Å². The van der Waals surface area contributed by atoms with Gasteiger partial charge in [-0.1, -0.05) is 42.5 Å². The molecule has 1 aliphatic carbocycles. The smallest absolute Gasteiger partial charge is 0.324 e. The first-order valence-electron chi connectivity index (χ1n) is 10.3. The molecule has 5 nitrogen and oxygen atoms in total. The monoisotopic (exact) mass is 394 g/mol. The summed E-state index contributed by atoms with van der Waals surface area (Å²) in [5.74, 6) is 0.511. The van der Waals surface area contributed by atoms with E-state index >= 15 is 0 Å². The van der Waals surface area contributed by atoms with E-state index in [1.54, 1.807) is 0 Å². The van der Waals surface area contributed by atoms with Crippen LogP contribution in [0.3, 0.4) is 0 Å². The lowest BCUT2D eigenvalue weighted by atomic mass is 9.88. The molecular formula is C24H30N2O3. The lowest BCUT2D eigenvalue weighted by molar-refractivity contribution is -0.145. The van der Waals surface area contributed by atoms with Crippen molar-refractivity contribution in [1.82, 2.24) is 0 Å². The van der Waals surface area contributed by atoms with Crippen LogP contribution in [0.15, 0.2) is 48.5 Å². The lowest BCUT2D eigenvalue weighted by Gasteiger charge is -2.20. The van der Waals surface area contributed by atoms with Crippen molar-refractivity contribution in [3.63, 3.8) is 0 Å². The Morgan fingerprint density at radius 2 is 1.76 bits per heavy atom. The number of unbranched alkanes of at least 4 members (excludes halogenated alkanes) is 2. The number of hydrogen-bond acceptors (Lipinski definition) is 5. The molecule has 0 saturated carbocycles. The molecule has 0 saturated heterocycles. The first-order chi connectivity index (χ1) is 14.2. The van der Waals surface area contributed by atoms with Gasteiger partial charge < -0.3 is 20.9 Å². The number of ether oxygens (including phenoxy) is 2. The number of fused-ring (bicyclic) bond motifs is 1. The van der Waals surface area contributed by atoms with Crippen LogP contribution in [0.1, 0.15) is 42.4 Å². The van der Waals surface area contributed by atoms with Crippen molar-refractivity contribution in [3.05, 3.63) is 65.2 Å². The van der Waals surface area contributed by atoms with Crippen LogP contribution in [0.5, 0.6) is 5.75 Å². The summed E-state index contributed by atoms with van der Waals surface area (Å²) < 4.78 is 11.2. The quantitative estimate of drug-likeness (QED) is 0.475. The number of allylic oxidation sites excluding steroid dienone is 1. The first kappa shape index (κ1) is 21.1. The van der Waals surface area contributed by atoms with E-state index in [0.717, 1.165) is 37.9 Å². The summed E-state index contributed by atoms with van der Waals surface area (Å²) in [5.41, 5.74) is 16.0. The minimum Gasteiger partial charge on any atom is -0.493 e. The number of hydrogen-bond donors (Lipinski definition) is 2. The summed E-state index contributed by atoms with van der Waals surface area (Å²) >= 11 is 0. The lowest BCUT2D eigenvalue weighted by Crippen LogP contribution is -2.39. The van der Waals surface area contributed by atoms with Crippen molar-refractivity contribution in [2.24, 2.45) is 11.5 Å². The number of benzene rings is 2. The van der Waals surface area contributed by atoms with E-state index in [-0.39, 0.29) is 6.54 Å². The number of aryl methyl sites for hydroxylation is 1. The highest BCUT2D eigenvalue weighted by Gasteiger charge is 2.15. The minimum absolute atomic E-state index is 0.106. The Bertz CT molecular complexity index is 833. The fourth-order valence-electron chi connectivity index (χ4n) is 3.43. The van der Waals surface area contributed by atoms with Gasteiger partial charge in [-0.05, 0) is 60.9 Å². The summed E-state index contributed by atoms with van der Waals surface area (Å²) in [5, 5.41) is 0. The second-order valence-electron chi connectivity index (χ2n) is 7.28. The maximum absolute atomic E-state index is 11.5. The van der Waals surface area contributed by atoms with E-state index in [1.165, 1.54) is 22.3 Å². The van der Waals surface area contributed by atoms with Gasteiger partial charge in [0, 0.05) is 12.1 Å². The van der Waals surface area contributed by atoms with Crippen LogP contribution in [-0.4, -0.2) is 31.8 Å². The SMILES string of the molecule is NCC(N)C(=O)OCCCCCOc1cccc2c1C=C(c1ccccc1)CC2. The summed E-state index contributed by atoms with van der Waals surface area (Å²) in [7, 11) is 0. The van der Waals surface area contributed by atoms with E-state index in [4.69, 9.17) is 20.9 Å². The average Bonchev–Trinajstić information content (AvgIpc) is 2.78. The molecule has 1 atom stereocenters. The number of carbonyl (C=O) groups excluding carboxylic acids is 1. The molecule has 29 heavy (non-hydrogen) atoms. The fourth-order valence-corrected chi connectivity index (χ4v) is 3.43. The van der Waals surface area contributed by atoms with Crippen LogP contribution in [0.4, 0.5) is 0 Å². The fraction of sp³-hybridized carbons (Fsp3) is 0.375. The Hall–Kier alpha value is -2.63. The molecule has 2 aromatic rings. The third-order valence-corrected chi connectivity index (χ3v) is 5.13. The Balaban J connectivity index is 1.48. The Morgan fingerprint density at radius 3 is 2.55 bits per heavy atom. The zero-order valence-electron chi connectivity index (χ0n) is 16.8. The molecule has 0 aromatic heterocycles. The molecule has 1 unspecified atom stereocenters. The van der Waals surface area contributed by atoms with E-state index in [0.29, 0.717) is 13.2 Å². The summed E-state index contributed by atoms with van der Waals surface area (Å²) in [6.45, 7) is 1.12. The third kappa shape index (κ3) is 5.92. The molecule has 0 radical (unpaired) electrons. The zero-order valence-corrected chi connectivity index (χ0v) is 16.8. The number of nitrogens with two attached hydrogens (primary N) is 2. The molecule has 3 rings (SSSR count). The zero-order chi connectivity index (χ0) is 20.5. The van der Waals surface area contributed by atoms with E-state index < -0.39 is 12.0 Å². The summed E-state index contributed by atoms with van der Waals surface area (Å²) in [4.78, 5) is 11.5. The van der Waals surface area contributed by atoms with Gasteiger partial charge in [0.1, 0.15) is 11.8 Å². The highest BCUT2D eigenvalue weighted by atomic mass is 16.5. The Labute approximate surface area is 172 Å². The van der Waals surface area contributed by atoms with Crippen molar-refractivity contribution in [1.29, 1.82) is 0 Å². The molecule has 0 bridgehead atoms. The van der Waals surface area contributed by atoms with Gasteiger partial charge in [-0.15, -0.1) is 0 Å². The molecule has 0 heterocycles. The number of esters is 1. The predicted octanol–water partition coefficient (Wildman–Crippen LogP) is 3.55. The first-order valence-corrected chi connectivity index (χ1v) is 10.3. The molecular weight excluding hydrogens is 364 g/mol. The van der Waals surface area contributed by atoms with Crippen molar-refractivity contribution in [2.45, 2.75) is 38.1 Å². The van der Waals surface area contributed by atoms with Crippen LogP contribution in [0.2, 0.25) is 0 Å². The maximum Gasteiger partial charge on any atom is 0.324 e. The number of rotatable bonds is 10. The average molecular weight is 395 g/mol. The Morgan fingerprint density at radius 1 is 0.966 bits per heavy atom. The molecule has 0 spiro atoms. The third-order valence-electron chi connectivity index (χ3n) is 5.13. The van der Waals surface area contributed by atoms with Crippen molar-refractivity contribution >= 4 is 17.6 Å². The standard InChI is InChI=1S/C24H30N2O3/c25-17-22(26)24(27)29-15-6-2-5-14-28-23-11-7-10-19-12-13-20(16-21(19)23)18-8-3-1-4-9-18/h1,3-4,7-11,16,22H,2,5-6,12-15,17,25-26H2. The van der Waals surface area contributed by atoms with Crippen molar-refractivity contribution < 1.29 is 14.3 Å². The van der Waals surface area contributed by atoms with E-state index in [1.807, 2.05) is 12.1 Å². The van der Waals surface area contributed by atoms with Crippen LogP contribution >= 0.6 is 0 Å². The molecule has 1 aliphatic rings. The summed E-state index contributed by atoms with van der Waals surface area (Å²) in [6.07, 6.45) is 6.96. The van der Waals surface area contributed by atoms with Gasteiger partial charge in [-0.2, -0.15) is 0 Å². The van der Waals surface area contributed by atoms with E-state index in [2.05, 4.69) is 42.5 Å². The van der Waals surface area contributed by atoms with Crippen LogP contribution in [0.25, 0.3) is 11.6 Å². The predicted molar refractivity (Wildman–Crippen MR) is 116 cm³/mol. The second kappa shape index (κ2) is 10.8. The van der Waals surface area contributed by atoms with Gasteiger partial charge >= 0.3 is 5.97 Å². The second-order valence-corrected chi connectivity index (χ2v) is 7.28. The number of carbonyl (C=O) groups is 1. The van der Waals surface area contributed by atoms with Gasteiger partial charge in [0.25, 0.3) is 0 Å². The van der Waals surface area contributed by atoms with Crippen molar-refractivity contribution in [2.75, 3.05) is 19.8 Å². The van der Waals surface area contributed by atoms with Crippen LogP contribution < -0.4 is 16.2 Å². The molecule has 2 aromatic carbocycles. The molecule has 4 N–H and O–H groups in total.